The van der Waals surface area contributed by atoms with E-state index in [4.69, 9.17) is 0 Å². The number of carbonyl (C=O) groups excluding carboxylic acids is 1. The number of benzene rings is 1. The lowest BCUT2D eigenvalue weighted by molar-refractivity contribution is 0.102. The van der Waals surface area contributed by atoms with E-state index in [-0.39, 0.29) is 5.91 Å². The van der Waals surface area contributed by atoms with Crippen molar-refractivity contribution in [2.45, 2.75) is 20.8 Å². The third-order valence-electron chi connectivity index (χ3n) is 3.01. The van der Waals surface area contributed by atoms with Crippen LogP contribution in [-0.2, 0) is 0 Å². The van der Waals surface area contributed by atoms with E-state index in [2.05, 4.69) is 50.4 Å². The van der Waals surface area contributed by atoms with E-state index in [9.17, 15) is 4.79 Å². The molecule has 6 heteroatoms. The number of hydrogen-bond acceptors (Lipinski definition) is 4. The summed E-state index contributed by atoms with van der Waals surface area (Å²) >= 11 is 3.44. The van der Waals surface area contributed by atoms with Gasteiger partial charge in [0.1, 0.15) is 17.8 Å². The largest absolute Gasteiger partial charge is 0.370 e. The van der Waals surface area contributed by atoms with Gasteiger partial charge in [-0.3, -0.25) is 4.79 Å². The molecule has 0 bridgehead atoms. The maximum atomic E-state index is 12.3. The number of halogens is 1. The summed E-state index contributed by atoms with van der Waals surface area (Å²) in [6.07, 6.45) is 1.39. The number of carbonyl (C=O) groups is 1. The van der Waals surface area contributed by atoms with Crippen LogP contribution in [0.2, 0.25) is 0 Å². The van der Waals surface area contributed by atoms with Crippen molar-refractivity contribution >= 4 is 33.3 Å². The molecular formula is C16H19BrN4O. The van der Waals surface area contributed by atoms with E-state index in [0.717, 1.165) is 22.3 Å². The molecule has 0 saturated carbocycles. The molecule has 0 unspecified atom stereocenters. The van der Waals surface area contributed by atoms with E-state index < -0.39 is 0 Å². The van der Waals surface area contributed by atoms with Gasteiger partial charge in [-0.05, 0) is 36.6 Å². The van der Waals surface area contributed by atoms with Gasteiger partial charge in [-0.15, -0.1) is 0 Å². The van der Waals surface area contributed by atoms with Crippen LogP contribution in [0.25, 0.3) is 0 Å². The summed E-state index contributed by atoms with van der Waals surface area (Å²) in [5.74, 6) is 0.899. The van der Waals surface area contributed by atoms with Gasteiger partial charge in [0, 0.05) is 22.8 Å². The summed E-state index contributed by atoms with van der Waals surface area (Å²) in [5.41, 5.74) is 2.13. The van der Waals surface area contributed by atoms with Crippen molar-refractivity contribution in [1.29, 1.82) is 0 Å². The maximum absolute atomic E-state index is 12.3. The van der Waals surface area contributed by atoms with Crippen molar-refractivity contribution in [2.75, 3.05) is 17.2 Å². The molecule has 22 heavy (non-hydrogen) atoms. The van der Waals surface area contributed by atoms with Crippen LogP contribution >= 0.6 is 15.9 Å². The fourth-order valence-electron chi connectivity index (χ4n) is 1.80. The Hall–Kier alpha value is -1.95. The Kier molecular flexibility index (Phi) is 5.49. The molecule has 116 valence electrons. The number of amides is 1. The second-order valence-corrected chi connectivity index (χ2v) is 6.34. The number of aromatic nitrogens is 2. The Morgan fingerprint density at radius 1 is 1.27 bits per heavy atom. The Balaban J connectivity index is 2.08. The highest BCUT2D eigenvalue weighted by molar-refractivity contribution is 9.10. The second kappa shape index (κ2) is 7.35. The van der Waals surface area contributed by atoms with E-state index in [1.807, 2.05) is 25.1 Å². The van der Waals surface area contributed by atoms with E-state index >= 15 is 0 Å². The molecule has 1 aromatic carbocycles. The monoisotopic (exact) mass is 362 g/mol. The molecule has 1 heterocycles. The third kappa shape index (κ3) is 4.53. The van der Waals surface area contributed by atoms with Crippen molar-refractivity contribution < 1.29 is 4.79 Å². The molecule has 2 rings (SSSR count). The van der Waals surface area contributed by atoms with Crippen molar-refractivity contribution in [3.8, 4) is 0 Å². The van der Waals surface area contributed by atoms with Crippen LogP contribution in [0.4, 0.5) is 11.5 Å². The first-order valence-electron chi connectivity index (χ1n) is 7.09. The lowest BCUT2D eigenvalue weighted by Crippen LogP contribution is -2.15. The minimum atomic E-state index is -0.253. The fourth-order valence-corrected chi connectivity index (χ4v) is 2.05. The highest BCUT2D eigenvalue weighted by Gasteiger charge is 2.10. The van der Waals surface area contributed by atoms with E-state index in [0.29, 0.717) is 17.4 Å². The average molecular weight is 363 g/mol. The summed E-state index contributed by atoms with van der Waals surface area (Å²) < 4.78 is 1.01. The van der Waals surface area contributed by atoms with Crippen molar-refractivity contribution in [3.63, 3.8) is 0 Å². The maximum Gasteiger partial charge on any atom is 0.274 e. The number of anilines is 2. The standard InChI is InChI=1S/C16H19BrN4O/c1-10(2)8-18-15-7-14(19-9-20-15)16(22)21-12-4-5-13(17)11(3)6-12/h4-7,9-10H,8H2,1-3H3,(H,21,22)(H,18,19,20). The van der Waals surface area contributed by atoms with Gasteiger partial charge in [-0.1, -0.05) is 29.8 Å². The molecule has 0 aliphatic carbocycles. The first kappa shape index (κ1) is 16.4. The lowest BCUT2D eigenvalue weighted by atomic mass is 10.2. The zero-order chi connectivity index (χ0) is 16.1. The van der Waals surface area contributed by atoms with Crippen molar-refractivity contribution in [3.05, 3.63) is 46.3 Å². The highest BCUT2D eigenvalue weighted by atomic mass is 79.9. The van der Waals surface area contributed by atoms with Gasteiger partial charge < -0.3 is 10.6 Å². The summed E-state index contributed by atoms with van der Waals surface area (Å²) in [7, 11) is 0. The van der Waals surface area contributed by atoms with Crippen LogP contribution in [0.3, 0.4) is 0 Å². The first-order valence-corrected chi connectivity index (χ1v) is 7.88. The molecule has 5 nitrogen and oxygen atoms in total. The molecule has 2 aromatic rings. The first-order chi connectivity index (χ1) is 10.5. The van der Waals surface area contributed by atoms with Crippen LogP contribution in [0.15, 0.2) is 35.1 Å². The number of nitrogens with one attached hydrogen (secondary N) is 2. The zero-order valence-corrected chi connectivity index (χ0v) is 14.4. The molecule has 0 radical (unpaired) electrons. The SMILES string of the molecule is Cc1cc(NC(=O)c2cc(NCC(C)C)ncn2)ccc1Br. The van der Waals surface area contributed by atoms with Crippen LogP contribution in [0, 0.1) is 12.8 Å². The van der Waals surface area contributed by atoms with Crippen LogP contribution in [0.1, 0.15) is 29.9 Å². The van der Waals surface area contributed by atoms with Gasteiger partial charge in [0.2, 0.25) is 0 Å². The number of hydrogen-bond donors (Lipinski definition) is 2. The van der Waals surface area contributed by atoms with Gasteiger partial charge in [-0.2, -0.15) is 0 Å². The quantitative estimate of drug-likeness (QED) is 0.846. The minimum Gasteiger partial charge on any atom is -0.370 e. The lowest BCUT2D eigenvalue weighted by Gasteiger charge is -2.09. The van der Waals surface area contributed by atoms with Crippen LogP contribution in [0.5, 0.6) is 0 Å². The molecule has 0 saturated heterocycles. The Labute approximate surface area is 138 Å². The smallest absolute Gasteiger partial charge is 0.274 e. The number of aryl methyl sites for hydroxylation is 1. The minimum absolute atomic E-state index is 0.253. The molecule has 0 aliphatic heterocycles. The Bertz CT molecular complexity index is 673. The summed E-state index contributed by atoms with van der Waals surface area (Å²) in [5, 5.41) is 6.02. The average Bonchev–Trinajstić information content (AvgIpc) is 2.49. The molecule has 0 aliphatic rings. The van der Waals surface area contributed by atoms with Gasteiger partial charge in [0.05, 0.1) is 0 Å². The second-order valence-electron chi connectivity index (χ2n) is 5.48. The molecule has 0 atom stereocenters. The van der Waals surface area contributed by atoms with Crippen molar-refractivity contribution in [2.24, 2.45) is 5.92 Å². The Morgan fingerprint density at radius 3 is 2.73 bits per heavy atom. The summed E-state index contributed by atoms with van der Waals surface area (Å²) in [6, 6.07) is 7.30. The normalized spacial score (nSPS) is 10.6. The zero-order valence-electron chi connectivity index (χ0n) is 12.9. The van der Waals surface area contributed by atoms with Crippen molar-refractivity contribution in [1.82, 2.24) is 9.97 Å². The molecular weight excluding hydrogens is 344 g/mol. The van der Waals surface area contributed by atoms with Crippen LogP contribution in [-0.4, -0.2) is 22.4 Å². The highest BCUT2D eigenvalue weighted by Crippen LogP contribution is 2.20. The van der Waals surface area contributed by atoms with Gasteiger partial charge in [-0.25, -0.2) is 9.97 Å². The summed E-state index contributed by atoms with van der Waals surface area (Å²) in [6.45, 7) is 6.98. The van der Waals surface area contributed by atoms with Gasteiger partial charge in [0.15, 0.2) is 0 Å². The van der Waals surface area contributed by atoms with E-state index in [1.165, 1.54) is 6.33 Å². The predicted molar refractivity (Wildman–Crippen MR) is 92.2 cm³/mol. The molecule has 0 spiro atoms. The number of nitrogens with zero attached hydrogens (tertiary/aromatic N) is 2. The number of rotatable bonds is 5. The van der Waals surface area contributed by atoms with Gasteiger partial charge in [0.25, 0.3) is 5.91 Å². The molecule has 1 amide bonds. The fraction of sp³-hybridized carbons (Fsp3) is 0.312. The van der Waals surface area contributed by atoms with Gasteiger partial charge >= 0.3 is 0 Å². The molecule has 2 N–H and O–H groups in total. The van der Waals surface area contributed by atoms with E-state index in [1.54, 1.807) is 6.07 Å². The Morgan fingerprint density at radius 2 is 2.05 bits per heavy atom. The molecule has 0 fully saturated rings. The topological polar surface area (TPSA) is 66.9 Å². The summed E-state index contributed by atoms with van der Waals surface area (Å²) in [4.78, 5) is 20.4. The predicted octanol–water partition coefficient (Wildman–Crippen LogP) is 3.87. The van der Waals surface area contributed by atoms with Crippen LogP contribution < -0.4 is 10.6 Å². The third-order valence-corrected chi connectivity index (χ3v) is 3.90. The molecule has 1 aromatic heterocycles.